The van der Waals surface area contributed by atoms with Gasteiger partial charge < -0.3 is 16.0 Å². The van der Waals surface area contributed by atoms with E-state index in [-0.39, 0.29) is 11.8 Å². The smallest absolute Gasteiger partial charge is 0.239 e. The Morgan fingerprint density at radius 1 is 1.50 bits per heavy atom. The zero-order valence-electron chi connectivity index (χ0n) is 10.0. The number of nitrogens with two attached hydrogens (primary N) is 1. The van der Waals surface area contributed by atoms with Gasteiger partial charge in [0.05, 0.1) is 6.04 Å². The summed E-state index contributed by atoms with van der Waals surface area (Å²) in [7, 11) is 0. The first kappa shape index (κ1) is 13.0. The summed E-state index contributed by atoms with van der Waals surface area (Å²) in [4.78, 5) is 24.8. The van der Waals surface area contributed by atoms with E-state index in [1.54, 1.807) is 4.90 Å². The average molecular weight is 227 g/mol. The molecule has 1 saturated heterocycles. The molecule has 2 amide bonds. The number of carbonyl (C=O) groups excluding carboxylic acids is 2. The Hall–Kier alpha value is -1.10. The Kier molecular flexibility index (Phi) is 4.73. The summed E-state index contributed by atoms with van der Waals surface area (Å²) in [6, 6.07) is -0.437. The van der Waals surface area contributed by atoms with E-state index in [1.165, 1.54) is 0 Å². The lowest BCUT2D eigenvalue weighted by Crippen LogP contribution is -2.45. The zero-order chi connectivity index (χ0) is 12.1. The molecular formula is C11H21N3O2. The Balaban J connectivity index is 2.49. The van der Waals surface area contributed by atoms with E-state index in [0.717, 1.165) is 0 Å². The normalized spacial score (nSPS) is 19.2. The van der Waals surface area contributed by atoms with Gasteiger partial charge in [-0.1, -0.05) is 13.8 Å². The minimum absolute atomic E-state index is 0.00716. The molecule has 1 aliphatic heterocycles. The van der Waals surface area contributed by atoms with E-state index < -0.39 is 6.04 Å². The quantitative estimate of drug-likeness (QED) is 0.695. The highest BCUT2D eigenvalue weighted by atomic mass is 16.2. The molecule has 92 valence electrons. The van der Waals surface area contributed by atoms with Crippen molar-refractivity contribution in [3.05, 3.63) is 0 Å². The molecule has 0 unspecified atom stereocenters. The van der Waals surface area contributed by atoms with Gasteiger partial charge in [0.25, 0.3) is 0 Å². The van der Waals surface area contributed by atoms with E-state index in [4.69, 9.17) is 5.73 Å². The lowest BCUT2D eigenvalue weighted by molar-refractivity contribution is -0.132. The molecular weight excluding hydrogens is 206 g/mol. The standard InChI is InChI=1S/C11H21N3O2/c1-8(2)7-9(12)11(16)14-5-3-10(15)13-4-6-14/h8-9H,3-7,12H2,1-2H3,(H,13,15)/t9-/m1/s1. The Morgan fingerprint density at radius 2 is 2.19 bits per heavy atom. The fraction of sp³-hybridized carbons (Fsp3) is 0.818. The molecule has 0 saturated carbocycles. The number of nitrogens with one attached hydrogen (secondary N) is 1. The van der Waals surface area contributed by atoms with Crippen LogP contribution in [0.25, 0.3) is 0 Å². The van der Waals surface area contributed by atoms with Crippen LogP contribution < -0.4 is 11.1 Å². The van der Waals surface area contributed by atoms with Crippen LogP contribution in [0.2, 0.25) is 0 Å². The van der Waals surface area contributed by atoms with Crippen molar-refractivity contribution in [2.45, 2.75) is 32.7 Å². The number of hydrogen-bond donors (Lipinski definition) is 2. The van der Waals surface area contributed by atoms with Crippen molar-refractivity contribution in [2.24, 2.45) is 11.7 Å². The van der Waals surface area contributed by atoms with Gasteiger partial charge in [0.1, 0.15) is 0 Å². The van der Waals surface area contributed by atoms with Gasteiger partial charge in [-0.3, -0.25) is 9.59 Å². The zero-order valence-corrected chi connectivity index (χ0v) is 10.0. The fourth-order valence-corrected chi connectivity index (χ4v) is 1.83. The van der Waals surface area contributed by atoms with Crippen molar-refractivity contribution in [2.75, 3.05) is 19.6 Å². The van der Waals surface area contributed by atoms with Gasteiger partial charge in [0.2, 0.25) is 11.8 Å². The molecule has 5 heteroatoms. The molecule has 1 aliphatic rings. The topological polar surface area (TPSA) is 75.4 Å². The lowest BCUT2D eigenvalue weighted by Gasteiger charge is -2.24. The predicted octanol–water partition coefficient (Wildman–Crippen LogP) is -0.292. The summed E-state index contributed by atoms with van der Waals surface area (Å²) in [6.45, 7) is 5.66. The predicted molar refractivity (Wildman–Crippen MR) is 61.6 cm³/mol. The van der Waals surface area contributed by atoms with Gasteiger partial charge in [-0.2, -0.15) is 0 Å². The van der Waals surface area contributed by atoms with Gasteiger partial charge in [-0.25, -0.2) is 0 Å². The highest BCUT2D eigenvalue weighted by Gasteiger charge is 2.23. The van der Waals surface area contributed by atoms with Gasteiger partial charge in [-0.15, -0.1) is 0 Å². The number of carbonyl (C=O) groups is 2. The first-order valence-electron chi connectivity index (χ1n) is 5.81. The van der Waals surface area contributed by atoms with E-state index in [0.29, 0.717) is 38.4 Å². The van der Waals surface area contributed by atoms with Crippen LogP contribution in [0, 0.1) is 5.92 Å². The van der Waals surface area contributed by atoms with Crippen LogP contribution in [0.1, 0.15) is 26.7 Å². The monoisotopic (exact) mass is 227 g/mol. The maximum absolute atomic E-state index is 12.0. The maximum Gasteiger partial charge on any atom is 0.239 e. The molecule has 1 atom stereocenters. The summed E-state index contributed by atoms with van der Waals surface area (Å²) < 4.78 is 0. The summed E-state index contributed by atoms with van der Waals surface area (Å²) in [6.07, 6.45) is 1.07. The van der Waals surface area contributed by atoms with Crippen LogP contribution in [-0.2, 0) is 9.59 Å². The molecule has 0 bridgehead atoms. The van der Waals surface area contributed by atoms with E-state index >= 15 is 0 Å². The second kappa shape index (κ2) is 5.84. The van der Waals surface area contributed by atoms with Crippen molar-refractivity contribution in [1.82, 2.24) is 10.2 Å². The highest BCUT2D eigenvalue weighted by Crippen LogP contribution is 2.07. The molecule has 3 N–H and O–H groups in total. The number of hydrogen-bond acceptors (Lipinski definition) is 3. The van der Waals surface area contributed by atoms with E-state index in [1.807, 2.05) is 13.8 Å². The minimum atomic E-state index is -0.437. The second-order valence-electron chi connectivity index (χ2n) is 4.66. The maximum atomic E-state index is 12.0. The van der Waals surface area contributed by atoms with E-state index in [2.05, 4.69) is 5.32 Å². The van der Waals surface area contributed by atoms with Crippen molar-refractivity contribution in [3.63, 3.8) is 0 Å². The van der Waals surface area contributed by atoms with Gasteiger partial charge in [0.15, 0.2) is 0 Å². The SMILES string of the molecule is CC(C)C[C@@H](N)C(=O)N1CCNC(=O)CC1. The molecule has 0 aromatic rings. The average Bonchev–Trinajstić information content (AvgIpc) is 2.41. The molecule has 1 fully saturated rings. The third-order valence-electron chi connectivity index (χ3n) is 2.67. The third-order valence-corrected chi connectivity index (χ3v) is 2.67. The Bertz CT molecular complexity index is 266. The molecule has 5 nitrogen and oxygen atoms in total. The molecule has 0 radical (unpaired) electrons. The summed E-state index contributed by atoms with van der Waals surface area (Å²) in [5.41, 5.74) is 5.84. The highest BCUT2D eigenvalue weighted by molar-refractivity contribution is 5.83. The summed E-state index contributed by atoms with van der Waals surface area (Å²) >= 11 is 0. The summed E-state index contributed by atoms with van der Waals surface area (Å²) in [5.74, 6) is 0.378. The van der Waals surface area contributed by atoms with Crippen LogP contribution >= 0.6 is 0 Å². The van der Waals surface area contributed by atoms with Gasteiger partial charge in [0, 0.05) is 26.1 Å². The first-order chi connectivity index (χ1) is 7.50. The molecule has 1 heterocycles. The van der Waals surface area contributed by atoms with Crippen molar-refractivity contribution in [1.29, 1.82) is 0 Å². The van der Waals surface area contributed by atoms with Crippen molar-refractivity contribution < 1.29 is 9.59 Å². The summed E-state index contributed by atoms with van der Waals surface area (Å²) in [5, 5.41) is 2.74. The van der Waals surface area contributed by atoms with Gasteiger partial charge >= 0.3 is 0 Å². The van der Waals surface area contributed by atoms with Crippen molar-refractivity contribution in [3.8, 4) is 0 Å². The number of rotatable bonds is 3. The first-order valence-corrected chi connectivity index (χ1v) is 5.81. The molecule has 1 rings (SSSR count). The number of nitrogens with zero attached hydrogens (tertiary/aromatic N) is 1. The van der Waals surface area contributed by atoms with E-state index in [9.17, 15) is 9.59 Å². The Morgan fingerprint density at radius 3 is 2.81 bits per heavy atom. The molecule has 16 heavy (non-hydrogen) atoms. The fourth-order valence-electron chi connectivity index (χ4n) is 1.83. The number of amides is 2. The van der Waals surface area contributed by atoms with Gasteiger partial charge in [-0.05, 0) is 12.3 Å². The second-order valence-corrected chi connectivity index (χ2v) is 4.66. The largest absolute Gasteiger partial charge is 0.354 e. The molecule has 0 aliphatic carbocycles. The van der Waals surface area contributed by atoms with Crippen LogP contribution in [0.15, 0.2) is 0 Å². The molecule has 0 spiro atoms. The van der Waals surface area contributed by atoms with Crippen LogP contribution in [0.4, 0.5) is 0 Å². The lowest BCUT2D eigenvalue weighted by atomic mass is 10.0. The molecule has 0 aromatic carbocycles. The van der Waals surface area contributed by atoms with Crippen LogP contribution in [0.3, 0.4) is 0 Å². The van der Waals surface area contributed by atoms with Crippen LogP contribution in [-0.4, -0.2) is 42.4 Å². The minimum Gasteiger partial charge on any atom is -0.354 e. The van der Waals surface area contributed by atoms with Crippen molar-refractivity contribution >= 4 is 11.8 Å². The van der Waals surface area contributed by atoms with Crippen LogP contribution in [0.5, 0.6) is 0 Å². The third kappa shape index (κ3) is 3.81. The molecule has 0 aromatic heterocycles. The Labute approximate surface area is 96.4 Å².